The Morgan fingerprint density at radius 2 is 2.11 bits per heavy atom. The number of nitrogens with one attached hydrogen (secondary N) is 1. The fourth-order valence-corrected chi connectivity index (χ4v) is 4.48. The summed E-state index contributed by atoms with van der Waals surface area (Å²) < 4.78 is 6.17. The number of benzene rings is 1. The first-order chi connectivity index (χ1) is 13.7. The molecule has 1 saturated heterocycles. The lowest BCUT2D eigenvalue weighted by molar-refractivity contribution is -0.0173. The molecule has 3 aromatic rings. The highest BCUT2D eigenvalue weighted by Crippen LogP contribution is 2.31. The molecule has 1 aromatic carbocycles. The molecule has 5 rings (SSSR count). The molecule has 0 bridgehead atoms. The lowest BCUT2D eigenvalue weighted by Crippen LogP contribution is -2.43. The van der Waals surface area contributed by atoms with Crippen LogP contribution in [0.4, 0.5) is 5.82 Å². The highest BCUT2D eigenvalue weighted by Gasteiger charge is 2.29. The van der Waals surface area contributed by atoms with Crippen LogP contribution in [0.1, 0.15) is 41.8 Å². The smallest absolute Gasteiger partial charge is 0.252 e. The summed E-state index contributed by atoms with van der Waals surface area (Å²) in [6.07, 6.45) is 2.26. The summed E-state index contributed by atoms with van der Waals surface area (Å²) in [5.74, 6) is 0.841. The van der Waals surface area contributed by atoms with E-state index in [4.69, 9.17) is 9.72 Å². The van der Waals surface area contributed by atoms with Crippen LogP contribution in [0.5, 0.6) is 0 Å². The second-order valence-electron chi connectivity index (χ2n) is 7.69. The van der Waals surface area contributed by atoms with Crippen molar-refractivity contribution in [3.8, 4) is 0 Å². The maximum absolute atomic E-state index is 12.9. The van der Waals surface area contributed by atoms with Crippen molar-refractivity contribution in [3.63, 3.8) is 0 Å². The minimum Gasteiger partial charge on any atom is -0.367 e. The number of hydrogen-bond acceptors (Lipinski definition) is 5. The summed E-state index contributed by atoms with van der Waals surface area (Å²) >= 11 is 1.68. The van der Waals surface area contributed by atoms with Crippen molar-refractivity contribution in [2.45, 2.75) is 38.0 Å². The fraction of sp³-hybridized carbons (Fsp3) is 0.364. The number of anilines is 1. The van der Waals surface area contributed by atoms with Gasteiger partial charge < -0.3 is 15.0 Å². The maximum Gasteiger partial charge on any atom is 0.252 e. The first kappa shape index (κ1) is 17.6. The van der Waals surface area contributed by atoms with Crippen LogP contribution in [-0.2, 0) is 4.74 Å². The normalized spacial score (nSPS) is 22.4. The van der Waals surface area contributed by atoms with Crippen LogP contribution in [0.15, 0.2) is 47.2 Å². The molecule has 2 aliphatic rings. The highest BCUT2D eigenvalue weighted by molar-refractivity contribution is 7.07. The summed E-state index contributed by atoms with van der Waals surface area (Å²) in [6.45, 7) is 3.58. The summed E-state index contributed by atoms with van der Waals surface area (Å²) in [4.78, 5) is 20.0. The standard InChI is InChI=1S/C22H23N3O2S/c1-14-11-25(12-20(27-14)15-8-9-28-13-15)21-10-18(22(26)23-16-6-7-16)17-4-2-3-5-19(17)24-21/h2-5,8-10,13-14,16,20H,6-7,11-12H2,1H3,(H,23,26). The number of nitrogens with zero attached hydrogens (tertiary/aromatic N) is 2. The first-order valence-corrected chi connectivity index (χ1v) is 10.7. The summed E-state index contributed by atoms with van der Waals surface area (Å²) in [6, 6.07) is 12.3. The van der Waals surface area contributed by atoms with Crippen molar-refractivity contribution >= 4 is 34.0 Å². The van der Waals surface area contributed by atoms with E-state index in [0.717, 1.165) is 42.7 Å². The molecule has 1 aliphatic heterocycles. The van der Waals surface area contributed by atoms with Crippen molar-refractivity contribution in [3.05, 3.63) is 58.3 Å². The number of amides is 1. The van der Waals surface area contributed by atoms with Gasteiger partial charge in [-0.2, -0.15) is 11.3 Å². The van der Waals surface area contributed by atoms with Gasteiger partial charge in [0.15, 0.2) is 0 Å². The van der Waals surface area contributed by atoms with Crippen molar-refractivity contribution in [2.75, 3.05) is 18.0 Å². The predicted molar refractivity (Wildman–Crippen MR) is 112 cm³/mol. The zero-order valence-corrected chi connectivity index (χ0v) is 16.6. The van der Waals surface area contributed by atoms with E-state index in [1.165, 1.54) is 5.56 Å². The number of rotatable bonds is 4. The molecule has 1 saturated carbocycles. The number of carbonyl (C=O) groups excluding carboxylic acids is 1. The van der Waals surface area contributed by atoms with Gasteiger partial charge in [-0.25, -0.2) is 4.98 Å². The molecule has 6 heteroatoms. The van der Waals surface area contributed by atoms with Gasteiger partial charge in [-0.15, -0.1) is 0 Å². The van der Waals surface area contributed by atoms with E-state index in [9.17, 15) is 4.79 Å². The number of fused-ring (bicyclic) bond motifs is 1. The van der Waals surface area contributed by atoms with Crippen LogP contribution >= 0.6 is 11.3 Å². The van der Waals surface area contributed by atoms with Gasteiger partial charge in [-0.05, 0) is 54.3 Å². The predicted octanol–water partition coefficient (Wildman–Crippen LogP) is 4.15. The van der Waals surface area contributed by atoms with E-state index < -0.39 is 0 Å². The monoisotopic (exact) mass is 393 g/mol. The van der Waals surface area contributed by atoms with Gasteiger partial charge in [0.1, 0.15) is 11.9 Å². The molecule has 28 heavy (non-hydrogen) atoms. The van der Waals surface area contributed by atoms with E-state index in [0.29, 0.717) is 11.6 Å². The third kappa shape index (κ3) is 3.50. The Hall–Kier alpha value is -2.44. The van der Waals surface area contributed by atoms with Gasteiger partial charge in [0.05, 0.1) is 17.2 Å². The molecular formula is C22H23N3O2S. The van der Waals surface area contributed by atoms with Crippen LogP contribution in [0.3, 0.4) is 0 Å². The minimum absolute atomic E-state index is 0.00181. The molecule has 0 radical (unpaired) electrons. The SMILES string of the molecule is CC1CN(c2cc(C(=O)NC3CC3)c3ccccc3n2)CC(c2ccsc2)O1. The van der Waals surface area contributed by atoms with Gasteiger partial charge >= 0.3 is 0 Å². The maximum atomic E-state index is 12.9. The van der Waals surface area contributed by atoms with Crippen molar-refractivity contribution in [2.24, 2.45) is 0 Å². The third-order valence-electron chi connectivity index (χ3n) is 5.36. The van der Waals surface area contributed by atoms with Gasteiger partial charge in [0, 0.05) is 24.5 Å². The summed E-state index contributed by atoms with van der Waals surface area (Å²) in [5.41, 5.74) is 2.76. The number of ether oxygens (including phenoxy) is 1. The summed E-state index contributed by atoms with van der Waals surface area (Å²) in [5, 5.41) is 8.25. The Balaban J connectivity index is 1.51. The zero-order valence-electron chi connectivity index (χ0n) is 15.8. The fourth-order valence-electron chi connectivity index (χ4n) is 3.78. The molecule has 2 atom stereocenters. The Kier molecular flexibility index (Phi) is 4.53. The molecule has 1 N–H and O–H groups in total. The molecule has 2 aromatic heterocycles. The number of carbonyl (C=O) groups is 1. The molecule has 5 nitrogen and oxygen atoms in total. The van der Waals surface area contributed by atoms with Crippen molar-refractivity contribution < 1.29 is 9.53 Å². The van der Waals surface area contributed by atoms with Gasteiger partial charge in [0.2, 0.25) is 0 Å². The lowest BCUT2D eigenvalue weighted by Gasteiger charge is -2.37. The number of para-hydroxylation sites is 1. The molecule has 0 spiro atoms. The average Bonchev–Trinajstić information content (AvgIpc) is 3.34. The number of morpholine rings is 1. The van der Waals surface area contributed by atoms with Gasteiger partial charge in [-0.3, -0.25) is 4.79 Å². The topological polar surface area (TPSA) is 54.5 Å². The van der Waals surface area contributed by atoms with Crippen molar-refractivity contribution in [1.82, 2.24) is 10.3 Å². The van der Waals surface area contributed by atoms with Crippen LogP contribution in [0.25, 0.3) is 10.9 Å². The third-order valence-corrected chi connectivity index (χ3v) is 6.06. The Morgan fingerprint density at radius 3 is 2.89 bits per heavy atom. The highest BCUT2D eigenvalue weighted by atomic mass is 32.1. The second-order valence-corrected chi connectivity index (χ2v) is 8.47. The molecule has 2 unspecified atom stereocenters. The van der Waals surface area contributed by atoms with Gasteiger partial charge in [0.25, 0.3) is 5.91 Å². The number of pyridine rings is 1. The first-order valence-electron chi connectivity index (χ1n) is 9.80. The quantitative estimate of drug-likeness (QED) is 0.723. The number of thiophene rings is 1. The van der Waals surface area contributed by atoms with Crippen LogP contribution in [0, 0.1) is 0 Å². The molecule has 2 fully saturated rings. The van der Waals surface area contributed by atoms with E-state index in [2.05, 4.69) is 34.0 Å². The van der Waals surface area contributed by atoms with Crippen LogP contribution < -0.4 is 10.2 Å². The van der Waals surface area contributed by atoms with Crippen LogP contribution in [0.2, 0.25) is 0 Å². The molecule has 144 valence electrons. The van der Waals surface area contributed by atoms with E-state index >= 15 is 0 Å². The van der Waals surface area contributed by atoms with E-state index in [-0.39, 0.29) is 18.1 Å². The zero-order chi connectivity index (χ0) is 19.1. The number of aromatic nitrogens is 1. The van der Waals surface area contributed by atoms with Crippen LogP contribution in [-0.4, -0.2) is 36.1 Å². The molecule has 1 aliphatic carbocycles. The Labute approximate surface area is 168 Å². The molecule has 3 heterocycles. The van der Waals surface area contributed by atoms with E-state index in [1.54, 1.807) is 11.3 Å². The Morgan fingerprint density at radius 1 is 1.25 bits per heavy atom. The second kappa shape index (κ2) is 7.18. The molecule has 1 amide bonds. The van der Waals surface area contributed by atoms with E-state index in [1.807, 2.05) is 30.3 Å². The number of hydrogen-bond donors (Lipinski definition) is 1. The molecular weight excluding hydrogens is 370 g/mol. The summed E-state index contributed by atoms with van der Waals surface area (Å²) in [7, 11) is 0. The Bertz CT molecular complexity index is 1000. The lowest BCUT2D eigenvalue weighted by atomic mass is 10.1. The minimum atomic E-state index is -0.00181. The largest absolute Gasteiger partial charge is 0.367 e. The van der Waals surface area contributed by atoms with Crippen molar-refractivity contribution in [1.29, 1.82) is 0 Å². The average molecular weight is 394 g/mol. The van der Waals surface area contributed by atoms with Gasteiger partial charge in [-0.1, -0.05) is 18.2 Å².